The van der Waals surface area contributed by atoms with Crippen molar-refractivity contribution in [3.05, 3.63) is 17.8 Å². The van der Waals surface area contributed by atoms with Gasteiger partial charge in [0.2, 0.25) is 0 Å². The highest BCUT2D eigenvalue weighted by Crippen LogP contribution is 2.33. The number of fused-ring (bicyclic) bond motifs is 1. The average molecular weight is 277 g/mol. The van der Waals surface area contributed by atoms with Gasteiger partial charge in [0.05, 0.1) is 24.4 Å². The van der Waals surface area contributed by atoms with Crippen molar-refractivity contribution in [3.8, 4) is 0 Å². The van der Waals surface area contributed by atoms with Gasteiger partial charge < -0.3 is 20.5 Å². The summed E-state index contributed by atoms with van der Waals surface area (Å²) in [7, 11) is 0. The summed E-state index contributed by atoms with van der Waals surface area (Å²) >= 11 is 0. The lowest BCUT2D eigenvalue weighted by atomic mass is 9.90. The molecule has 1 aliphatic carbocycles. The zero-order valence-corrected chi connectivity index (χ0v) is 11.3. The van der Waals surface area contributed by atoms with Crippen LogP contribution in [0.5, 0.6) is 0 Å². The van der Waals surface area contributed by atoms with Crippen molar-refractivity contribution in [2.45, 2.75) is 37.8 Å². The van der Waals surface area contributed by atoms with Crippen molar-refractivity contribution >= 4 is 17.5 Å². The Balaban J connectivity index is 1.94. The molecule has 0 spiro atoms. The Hall–Kier alpha value is -1.82. The van der Waals surface area contributed by atoms with Gasteiger partial charge in [-0.15, -0.1) is 0 Å². The lowest BCUT2D eigenvalue weighted by Gasteiger charge is -2.44. The van der Waals surface area contributed by atoms with E-state index in [1.54, 1.807) is 6.07 Å². The zero-order chi connectivity index (χ0) is 14.1. The number of ether oxygens (including phenoxy) is 1. The standard InChI is InChI=1S/C14H19N3O3/c15-9-5-6-10(14(18)19)16-13(9)17-7-8-20-12-4-2-1-3-11(12)17/h5-6,11-12H,1-4,7-8,15H2,(H,18,19). The van der Waals surface area contributed by atoms with Crippen LogP contribution in [0.2, 0.25) is 0 Å². The van der Waals surface area contributed by atoms with Gasteiger partial charge in [0.25, 0.3) is 0 Å². The fourth-order valence-electron chi connectivity index (χ4n) is 3.17. The number of carboxylic acids is 1. The van der Waals surface area contributed by atoms with E-state index in [0.717, 1.165) is 12.8 Å². The Kier molecular flexibility index (Phi) is 3.48. The maximum atomic E-state index is 11.1. The molecule has 2 atom stereocenters. The number of nitrogen functional groups attached to an aromatic ring is 1. The summed E-state index contributed by atoms with van der Waals surface area (Å²) in [5.74, 6) is -0.440. The van der Waals surface area contributed by atoms with Gasteiger partial charge in [-0.1, -0.05) is 12.8 Å². The second-order valence-corrected chi connectivity index (χ2v) is 5.37. The van der Waals surface area contributed by atoms with Gasteiger partial charge in [-0.05, 0) is 25.0 Å². The topological polar surface area (TPSA) is 88.7 Å². The SMILES string of the molecule is Nc1ccc(C(=O)O)nc1N1CCOC2CCCCC21. The number of morpholine rings is 1. The minimum absolute atomic E-state index is 0.0352. The third-order valence-corrected chi connectivity index (χ3v) is 4.13. The third-order valence-electron chi connectivity index (χ3n) is 4.13. The Bertz CT molecular complexity index is 518. The van der Waals surface area contributed by atoms with Crippen LogP contribution in [-0.4, -0.2) is 41.4 Å². The molecule has 20 heavy (non-hydrogen) atoms. The van der Waals surface area contributed by atoms with E-state index >= 15 is 0 Å². The van der Waals surface area contributed by atoms with Crippen molar-refractivity contribution in [2.75, 3.05) is 23.8 Å². The first-order valence-electron chi connectivity index (χ1n) is 7.05. The Morgan fingerprint density at radius 1 is 1.40 bits per heavy atom. The van der Waals surface area contributed by atoms with Crippen LogP contribution in [0.4, 0.5) is 11.5 Å². The molecular weight excluding hydrogens is 258 g/mol. The van der Waals surface area contributed by atoms with E-state index in [1.807, 2.05) is 0 Å². The van der Waals surface area contributed by atoms with E-state index in [9.17, 15) is 4.79 Å². The van der Waals surface area contributed by atoms with Crippen LogP contribution in [0.1, 0.15) is 36.2 Å². The first-order valence-corrected chi connectivity index (χ1v) is 7.05. The Morgan fingerprint density at radius 3 is 3.00 bits per heavy atom. The van der Waals surface area contributed by atoms with Crippen LogP contribution in [0.25, 0.3) is 0 Å². The maximum Gasteiger partial charge on any atom is 0.354 e. The van der Waals surface area contributed by atoms with Crippen molar-refractivity contribution in [1.82, 2.24) is 4.98 Å². The highest BCUT2D eigenvalue weighted by Gasteiger charge is 2.35. The van der Waals surface area contributed by atoms with Gasteiger partial charge in [0.1, 0.15) is 0 Å². The number of hydrogen-bond acceptors (Lipinski definition) is 5. The molecule has 2 aliphatic rings. The average Bonchev–Trinajstić information content (AvgIpc) is 2.47. The highest BCUT2D eigenvalue weighted by atomic mass is 16.5. The molecule has 108 valence electrons. The molecule has 1 aliphatic heterocycles. The largest absolute Gasteiger partial charge is 0.477 e. The van der Waals surface area contributed by atoms with Crippen LogP contribution >= 0.6 is 0 Å². The molecule has 1 aromatic heterocycles. The molecule has 0 bridgehead atoms. The maximum absolute atomic E-state index is 11.1. The van der Waals surface area contributed by atoms with Crippen LogP contribution < -0.4 is 10.6 Å². The normalized spacial score (nSPS) is 26.1. The number of aromatic carboxylic acids is 1. The number of hydrogen-bond donors (Lipinski definition) is 2. The lowest BCUT2D eigenvalue weighted by molar-refractivity contribution is -0.00893. The van der Waals surface area contributed by atoms with Gasteiger partial charge in [-0.25, -0.2) is 9.78 Å². The Labute approximate surface area is 117 Å². The van der Waals surface area contributed by atoms with Crippen molar-refractivity contribution in [3.63, 3.8) is 0 Å². The molecule has 2 fully saturated rings. The van der Waals surface area contributed by atoms with Crippen LogP contribution in [-0.2, 0) is 4.74 Å². The van der Waals surface area contributed by atoms with Gasteiger partial charge in [-0.2, -0.15) is 0 Å². The first-order chi connectivity index (χ1) is 9.66. The van der Waals surface area contributed by atoms with Crippen LogP contribution in [0, 0.1) is 0 Å². The molecule has 1 saturated carbocycles. The molecule has 0 aromatic carbocycles. The fourth-order valence-corrected chi connectivity index (χ4v) is 3.17. The van der Waals surface area contributed by atoms with Crippen LogP contribution in [0.15, 0.2) is 12.1 Å². The number of pyridine rings is 1. The molecule has 6 heteroatoms. The quantitative estimate of drug-likeness (QED) is 0.851. The zero-order valence-electron chi connectivity index (χ0n) is 11.3. The summed E-state index contributed by atoms with van der Waals surface area (Å²) in [5.41, 5.74) is 6.57. The summed E-state index contributed by atoms with van der Waals surface area (Å²) < 4.78 is 5.82. The van der Waals surface area contributed by atoms with E-state index in [0.29, 0.717) is 24.7 Å². The number of rotatable bonds is 2. The van der Waals surface area contributed by atoms with E-state index in [2.05, 4.69) is 9.88 Å². The number of carbonyl (C=O) groups is 1. The van der Waals surface area contributed by atoms with Gasteiger partial charge in [-0.3, -0.25) is 0 Å². The summed E-state index contributed by atoms with van der Waals surface area (Å²) in [5, 5.41) is 9.08. The first kappa shape index (κ1) is 13.2. The summed E-state index contributed by atoms with van der Waals surface area (Å²) in [6, 6.07) is 3.33. The molecule has 3 rings (SSSR count). The predicted octanol–water partition coefficient (Wildman–Crippen LogP) is 1.51. The molecule has 1 aromatic rings. The smallest absolute Gasteiger partial charge is 0.354 e. The van der Waals surface area contributed by atoms with E-state index in [4.69, 9.17) is 15.6 Å². The molecule has 2 heterocycles. The van der Waals surface area contributed by atoms with Gasteiger partial charge in [0.15, 0.2) is 11.5 Å². The molecule has 1 saturated heterocycles. The number of aromatic nitrogens is 1. The van der Waals surface area contributed by atoms with E-state index < -0.39 is 5.97 Å². The third kappa shape index (κ3) is 2.31. The minimum Gasteiger partial charge on any atom is -0.477 e. The van der Waals surface area contributed by atoms with E-state index in [1.165, 1.54) is 18.9 Å². The fraction of sp³-hybridized carbons (Fsp3) is 0.571. The van der Waals surface area contributed by atoms with Crippen molar-refractivity contribution in [2.24, 2.45) is 0 Å². The van der Waals surface area contributed by atoms with Crippen LogP contribution in [0.3, 0.4) is 0 Å². The monoisotopic (exact) mass is 277 g/mol. The number of anilines is 2. The second kappa shape index (κ2) is 5.28. The molecule has 0 radical (unpaired) electrons. The summed E-state index contributed by atoms with van der Waals surface area (Å²) in [4.78, 5) is 17.4. The second-order valence-electron chi connectivity index (χ2n) is 5.37. The summed E-state index contributed by atoms with van der Waals surface area (Å²) in [6.07, 6.45) is 4.67. The molecule has 3 N–H and O–H groups in total. The van der Waals surface area contributed by atoms with Gasteiger partial charge in [0, 0.05) is 6.54 Å². The molecule has 2 unspecified atom stereocenters. The highest BCUT2D eigenvalue weighted by molar-refractivity contribution is 5.87. The van der Waals surface area contributed by atoms with Crippen molar-refractivity contribution < 1.29 is 14.6 Å². The molecule has 6 nitrogen and oxygen atoms in total. The number of nitrogens with two attached hydrogens (primary N) is 1. The number of carboxylic acid groups (broad SMARTS) is 1. The predicted molar refractivity (Wildman–Crippen MR) is 75.0 cm³/mol. The Morgan fingerprint density at radius 2 is 2.20 bits per heavy atom. The molecule has 0 amide bonds. The van der Waals surface area contributed by atoms with Crippen molar-refractivity contribution in [1.29, 1.82) is 0 Å². The molecular formula is C14H19N3O3. The van der Waals surface area contributed by atoms with E-state index in [-0.39, 0.29) is 17.8 Å². The summed E-state index contributed by atoms with van der Waals surface area (Å²) in [6.45, 7) is 1.35. The number of nitrogens with zero attached hydrogens (tertiary/aromatic N) is 2. The van der Waals surface area contributed by atoms with Gasteiger partial charge >= 0.3 is 5.97 Å². The lowest BCUT2D eigenvalue weighted by Crippen LogP contribution is -2.53. The minimum atomic E-state index is -1.03.